The predicted molar refractivity (Wildman–Crippen MR) is 97.0 cm³/mol. The van der Waals surface area contributed by atoms with E-state index in [-0.39, 0.29) is 6.09 Å². The molecule has 1 amide bonds. The Kier molecular flexibility index (Phi) is 4.41. The molecular formula is C20H28N2O2. The first-order valence-electron chi connectivity index (χ1n) is 8.87. The topological polar surface area (TPSA) is 41.9 Å². The van der Waals surface area contributed by atoms with Crippen LogP contribution in [-0.4, -0.2) is 35.9 Å². The van der Waals surface area contributed by atoms with E-state index in [1.807, 2.05) is 31.7 Å². The maximum atomic E-state index is 12.1. The van der Waals surface area contributed by atoms with E-state index < -0.39 is 5.60 Å². The summed E-state index contributed by atoms with van der Waals surface area (Å²) in [5, 5.41) is 0. The molecule has 1 aliphatic carbocycles. The van der Waals surface area contributed by atoms with E-state index in [1.165, 1.54) is 5.56 Å². The first-order valence-corrected chi connectivity index (χ1v) is 8.87. The minimum Gasteiger partial charge on any atom is -0.444 e. The lowest BCUT2D eigenvalue weighted by Gasteiger charge is -2.25. The lowest BCUT2D eigenvalue weighted by Crippen LogP contribution is -2.37. The summed E-state index contributed by atoms with van der Waals surface area (Å²) >= 11 is 0. The normalized spacial score (nSPS) is 26.1. The Morgan fingerprint density at radius 3 is 2.46 bits per heavy atom. The number of nitrogens with zero attached hydrogens (tertiary/aromatic N) is 2. The van der Waals surface area contributed by atoms with Gasteiger partial charge in [0.25, 0.3) is 0 Å². The Hall–Kier alpha value is -1.84. The fourth-order valence-corrected chi connectivity index (χ4v) is 3.53. The molecule has 0 bridgehead atoms. The summed E-state index contributed by atoms with van der Waals surface area (Å²) in [5.74, 6) is 2.07. The van der Waals surface area contributed by atoms with E-state index >= 15 is 0 Å². The number of amides is 1. The summed E-state index contributed by atoms with van der Waals surface area (Å²) in [4.78, 5) is 18.7. The van der Waals surface area contributed by atoms with Gasteiger partial charge in [0, 0.05) is 25.2 Å². The number of likely N-dealkylation sites (tertiary alicyclic amines) is 1. The molecule has 1 unspecified atom stereocenters. The second-order valence-electron chi connectivity index (χ2n) is 8.28. The van der Waals surface area contributed by atoms with Gasteiger partial charge >= 0.3 is 6.09 Å². The van der Waals surface area contributed by atoms with Crippen LogP contribution in [0.3, 0.4) is 0 Å². The van der Waals surface area contributed by atoms with Gasteiger partial charge in [-0.2, -0.15) is 0 Å². The number of hydrogen-bond donors (Lipinski definition) is 0. The monoisotopic (exact) mass is 328 g/mol. The number of benzene rings is 1. The number of hydrogen-bond acceptors (Lipinski definition) is 3. The molecule has 0 N–H and O–H groups in total. The lowest BCUT2D eigenvalue weighted by atomic mass is 10.0. The molecule has 0 spiro atoms. The van der Waals surface area contributed by atoms with Crippen LogP contribution in [0.2, 0.25) is 0 Å². The number of ether oxygens (including phenoxy) is 1. The second kappa shape index (κ2) is 6.23. The fourth-order valence-electron chi connectivity index (χ4n) is 3.53. The number of carbonyl (C=O) groups is 1. The molecule has 1 aromatic rings. The average Bonchev–Trinajstić information content (AvgIpc) is 2.93. The molecule has 3 atom stereocenters. The maximum absolute atomic E-state index is 12.1. The first-order chi connectivity index (χ1) is 11.3. The number of fused-ring (bicyclic) bond motifs is 1. The van der Waals surface area contributed by atoms with Gasteiger partial charge in [0.2, 0.25) is 0 Å². The van der Waals surface area contributed by atoms with Gasteiger partial charge < -0.3 is 9.64 Å². The van der Waals surface area contributed by atoms with Crippen LogP contribution in [0.15, 0.2) is 29.3 Å². The Bertz CT molecular complexity index is 633. The highest BCUT2D eigenvalue weighted by molar-refractivity contribution is 5.74. The molecule has 2 fully saturated rings. The van der Waals surface area contributed by atoms with Crippen LogP contribution >= 0.6 is 0 Å². The molecule has 2 aliphatic rings. The van der Waals surface area contributed by atoms with Crippen LogP contribution in [0.1, 0.15) is 46.1 Å². The van der Waals surface area contributed by atoms with Gasteiger partial charge in [-0.25, -0.2) is 4.79 Å². The van der Waals surface area contributed by atoms with Crippen molar-refractivity contribution in [2.75, 3.05) is 13.1 Å². The first kappa shape index (κ1) is 17.0. The van der Waals surface area contributed by atoms with Crippen molar-refractivity contribution >= 4 is 18.0 Å². The molecule has 1 saturated carbocycles. The van der Waals surface area contributed by atoms with Crippen LogP contribution in [0.4, 0.5) is 10.5 Å². The molecule has 1 saturated heterocycles. The van der Waals surface area contributed by atoms with Crippen molar-refractivity contribution in [2.45, 2.75) is 46.1 Å². The van der Waals surface area contributed by atoms with E-state index in [1.54, 1.807) is 0 Å². The highest BCUT2D eigenvalue weighted by Crippen LogP contribution is 2.51. The highest BCUT2D eigenvalue weighted by Gasteiger charge is 2.56. The SMILES string of the molecule is CC(C)c1ccccc1/N=C/C1[C@H]2CN(C(=O)OC(C)(C)C)C[C@@H]12. The third-order valence-corrected chi connectivity index (χ3v) is 4.86. The molecule has 3 rings (SSSR count). The molecule has 130 valence electrons. The summed E-state index contributed by atoms with van der Waals surface area (Å²) in [7, 11) is 0. The van der Waals surface area contributed by atoms with Crippen molar-refractivity contribution < 1.29 is 9.53 Å². The fraction of sp³-hybridized carbons (Fsp3) is 0.600. The minimum absolute atomic E-state index is 0.185. The summed E-state index contributed by atoms with van der Waals surface area (Å²) in [6, 6.07) is 8.34. The zero-order valence-corrected chi connectivity index (χ0v) is 15.3. The van der Waals surface area contributed by atoms with Crippen LogP contribution in [0.5, 0.6) is 0 Å². The van der Waals surface area contributed by atoms with Gasteiger partial charge in [-0.1, -0.05) is 32.0 Å². The van der Waals surface area contributed by atoms with Crippen molar-refractivity contribution in [1.82, 2.24) is 4.90 Å². The number of rotatable bonds is 3. The highest BCUT2D eigenvalue weighted by atomic mass is 16.6. The average molecular weight is 328 g/mol. The van der Waals surface area contributed by atoms with Crippen LogP contribution in [-0.2, 0) is 4.74 Å². The predicted octanol–water partition coefficient (Wildman–Crippen LogP) is 4.63. The Morgan fingerprint density at radius 1 is 1.25 bits per heavy atom. The minimum atomic E-state index is -0.425. The van der Waals surface area contributed by atoms with Crippen LogP contribution in [0, 0.1) is 17.8 Å². The number of carbonyl (C=O) groups excluding carboxylic acids is 1. The van der Waals surface area contributed by atoms with Gasteiger partial charge in [0.15, 0.2) is 0 Å². The molecule has 1 heterocycles. The van der Waals surface area contributed by atoms with E-state index in [0.29, 0.717) is 23.7 Å². The van der Waals surface area contributed by atoms with Crippen molar-refractivity contribution in [3.05, 3.63) is 29.8 Å². The van der Waals surface area contributed by atoms with E-state index in [2.05, 4.69) is 38.3 Å². The van der Waals surface area contributed by atoms with Gasteiger partial charge in [0.05, 0.1) is 5.69 Å². The standard InChI is InChI=1S/C20H28N2O2/c1-13(2)14-8-6-7-9-18(14)21-10-15-16-11-22(12-17(15)16)19(23)24-20(3,4)5/h6-10,13,15-17H,11-12H2,1-5H3/b21-10+/t15?,16-,17+. The zero-order valence-electron chi connectivity index (χ0n) is 15.3. The molecular weight excluding hydrogens is 300 g/mol. The number of para-hydroxylation sites is 1. The van der Waals surface area contributed by atoms with Crippen molar-refractivity contribution in [3.63, 3.8) is 0 Å². The van der Waals surface area contributed by atoms with Crippen LogP contribution < -0.4 is 0 Å². The molecule has 24 heavy (non-hydrogen) atoms. The summed E-state index contributed by atoms with van der Waals surface area (Å²) in [6.07, 6.45) is 1.92. The molecule has 1 aliphatic heterocycles. The van der Waals surface area contributed by atoms with Crippen LogP contribution in [0.25, 0.3) is 0 Å². The van der Waals surface area contributed by atoms with Crippen molar-refractivity contribution in [3.8, 4) is 0 Å². The zero-order chi connectivity index (χ0) is 17.5. The van der Waals surface area contributed by atoms with Gasteiger partial charge in [-0.3, -0.25) is 4.99 Å². The third-order valence-electron chi connectivity index (χ3n) is 4.86. The molecule has 4 heteroatoms. The van der Waals surface area contributed by atoms with E-state index in [0.717, 1.165) is 18.8 Å². The maximum Gasteiger partial charge on any atom is 0.410 e. The van der Waals surface area contributed by atoms with Gasteiger partial charge in [-0.15, -0.1) is 0 Å². The van der Waals surface area contributed by atoms with E-state index in [4.69, 9.17) is 9.73 Å². The van der Waals surface area contributed by atoms with E-state index in [9.17, 15) is 4.79 Å². The Morgan fingerprint density at radius 2 is 1.88 bits per heavy atom. The molecule has 1 aromatic carbocycles. The number of aliphatic imine (C=N–C) groups is 1. The summed E-state index contributed by atoms with van der Waals surface area (Å²) in [6.45, 7) is 11.7. The smallest absolute Gasteiger partial charge is 0.410 e. The summed E-state index contributed by atoms with van der Waals surface area (Å²) in [5.41, 5.74) is 1.93. The third kappa shape index (κ3) is 3.63. The Balaban J connectivity index is 1.56. The molecule has 0 aromatic heterocycles. The van der Waals surface area contributed by atoms with Crippen molar-refractivity contribution in [1.29, 1.82) is 0 Å². The van der Waals surface area contributed by atoms with Gasteiger partial charge in [-0.05, 0) is 50.2 Å². The van der Waals surface area contributed by atoms with Crippen molar-refractivity contribution in [2.24, 2.45) is 22.7 Å². The molecule has 4 nitrogen and oxygen atoms in total. The van der Waals surface area contributed by atoms with Gasteiger partial charge in [0.1, 0.15) is 5.60 Å². The largest absolute Gasteiger partial charge is 0.444 e. The molecule has 0 radical (unpaired) electrons. The summed E-state index contributed by atoms with van der Waals surface area (Å²) < 4.78 is 5.45. The lowest BCUT2D eigenvalue weighted by molar-refractivity contribution is 0.0270. The Labute approximate surface area is 144 Å². The quantitative estimate of drug-likeness (QED) is 0.759. The number of piperidine rings is 1. The second-order valence-corrected chi connectivity index (χ2v) is 8.28.